The maximum Gasteiger partial charge on any atom is 0.303 e. The predicted octanol–water partition coefficient (Wildman–Crippen LogP) is 4.98. The molecule has 0 spiro atoms. The average molecular weight is 232 g/mol. The highest BCUT2D eigenvalue weighted by Crippen LogP contribution is 2.17. The Morgan fingerprint density at radius 2 is 1.19 bits per heavy atom. The van der Waals surface area contributed by atoms with Gasteiger partial charge in [0, 0.05) is 0 Å². The first-order chi connectivity index (χ1) is 6.98. The Bertz CT molecular complexity index is 159. The van der Waals surface area contributed by atoms with Crippen molar-refractivity contribution in [3.8, 4) is 0 Å². The van der Waals surface area contributed by atoms with E-state index in [1.54, 1.807) is 0 Å². The fraction of sp³-hybridized carbons (Fsp3) is 0.929. The Morgan fingerprint density at radius 1 is 0.938 bits per heavy atom. The van der Waals surface area contributed by atoms with Gasteiger partial charge in [-0.05, 0) is 10.8 Å². The number of hydrogen-bond donors (Lipinski definition) is 1. The fourth-order valence-corrected chi connectivity index (χ4v) is 0.454. The topological polar surface area (TPSA) is 37.3 Å². The van der Waals surface area contributed by atoms with Gasteiger partial charge in [-0.3, -0.25) is 4.79 Å². The van der Waals surface area contributed by atoms with E-state index in [9.17, 15) is 4.79 Å². The summed E-state index contributed by atoms with van der Waals surface area (Å²) in [6.07, 6.45) is 1.51. The smallest absolute Gasteiger partial charge is 0.303 e. The lowest BCUT2D eigenvalue weighted by Gasteiger charge is -2.13. The molecule has 0 saturated carbocycles. The van der Waals surface area contributed by atoms with Crippen LogP contribution in [0.3, 0.4) is 0 Å². The average Bonchev–Trinajstić information content (AvgIpc) is 2.03. The van der Waals surface area contributed by atoms with Gasteiger partial charge in [0.05, 0.1) is 6.42 Å². The van der Waals surface area contributed by atoms with E-state index >= 15 is 0 Å². The highest BCUT2D eigenvalue weighted by molar-refractivity contribution is 5.67. The van der Waals surface area contributed by atoms with Crippen LogP contribution in [-0.4, -0.2) is 11.1 Å². The first kappa shape index (κ1) is 20.8. The van der Waals surface area contributed by atoms with E-state index in [2.05, 4.69) is 27.7 Å². The second kappa shape index (κ2) is 9.68. The molecule has 2 heteroatoms. The van der Waals surface area contributed by atoms with Crippen molar-refractivity contribution in [2.24, 2.45) is 10.8 Å². The molecule has 0 atom stereocenters. The molecule has 0 fully saturated rings. The minimum absolute atomic E-state index is 0.0775. The first-order valence-electron chi connectivity index (χ1n) is 6.20. The summed E-state index contributed by atoms with van der Waals surface area (Å²) < 4.78 is 0. The van der Waals surface area contributed by atoms with Gasteiger partial charge in [-0.25, -0.2) is 0 Å². The molecule has 0 aliphatic heterocycles. The van der Waals surface area contributed by atoms with Crippen LogP contribution in [0.4, 0.5) is 0 Å². The largest absolute Gasteiger partial charge is 0.481 e. The van der Waals surface area contributed by atoms with Crippen LogP contribution < -0.4 is 0 Å². The lowest BCUT2D eigenvalue weighted by molar-refractivity contribution is -0.139. The molecule has 0 saturated heterocycles. The number of aliphatic carboxylic acids is 1. The van der Waals surface area contributed by atoms with Crippen LogP contribution in [-0.2, 0) is 4.79 Å². The number of carbonyl (C=O) groups is 1. The number of rotatable bonds is 1. The fourth-order valence-electron chi connectivity index (χ4n) is 0.454. The highest BCUT2D eigenvalue weighted by Gasteiger charge is 2.13. The van der Waals surface area contributed by atoms with Crippen LogP contribution in [0.5, 0.6) is 0 Å². The van der Waals surface area contributed by atoms with Gasteiger partial charge in [0.25, 0.3) is 0 Å². The van der Waals surface area contributed by atoms with Gasteiger partial charge in [-0.2, -0.15) is 0 Å². The van der Waals surface area contributed by atoms with Gasteiger partial charge in [-0.15, -0.1) is 0 Å². The van der Waals surface area contributed by atoms with E-state index in [-0.39, 0.29) is 11.8 Å². The maximum atomic E-state index is 10.0. The van der Waals surface area contributed by atoms with Crippen LogP contribution in [0, 0.1) is 10.8 Å². The summed E-state index contributed by atoms with van der Waals surface area (Å²) in [5, 5.41) is 8.25. The second-order valence-corrected chi connectivity index (χ2v) is 6.05. The Hall–Kier alpha value is -0.530. The molecule has 16 heavy (non-hydrogen) atoms. The molecule has 0 aliphatic carbocycles. The van der Waals surface area contributed by atoms with Crippen molar-refractivity contribution in [1.82, 2.24) is 0 Å². The standard InChI is InChI=1S/C6H12O2.C6H14.C2H6/c1-6(2,3)4-5(7)8;1-5-6(2,3)4;1-2/h4H2,1-3H3,(H,7,8);5H2,1-4H3;1-2H3. The van der Waals surface area contributed by atoms with Gasteiger partial charge >= 0.3 is 5.97 Å². The number of carboxylic acid groups (broad SMARTS) is 1. The third-order valence-corrected chi connectivity index (χ3v) is 1.74. The predicted molar refractivity (Wildman–Crippen MR) is 72.8 cm³/mol. The third kappa shape index (κ3) is 37.5. The van der Waals surface area contributed by atoms with E-state index < -0.39 is 5.97 Å². The summed E-state index contributed by atoms with van der Waals surface area (Å²) in [7, 11) is 0. The van der Waals surface area contributed by atoms with Crippen LogP contribution in [0.15, 0.2) is 0 Å². The lowest BCUT2D eigenvalue weighted by Crippen LogP contribution is -2.11. The molecular formula is C14H32O2. The molecule has 0 heterocycles. The first-order valence-corrected chi connectivity index (χ1v) is 6.20. The molecule has 0 amide bonds. The van der Waals surface area contributed by atoms with E-state index in [4.69, 9.17) is 5.11 Å². The summed E-state index contributed by atoms with van der Waals surface area (Å²) in [6, 6.07) is 0. The zero-order valence-electron chi connectivity index (χ0n) is 12.8. The third-order valence-electron chi connectivity index (χ3n) is 1.74. The Labute approximate surface area is 102 Å². The minimum atomic E-state index is -0.725. The molecule has 0 aromatic rings. The van der Waals surface area contributed by atoms with Crippen molar-refractivity contribution in [1.29, 1.82) is 0 Å². The maximum absolute atomic E-state index is 10.0. The van der Waals surface area contributed by atoms with Crippen LogP contribution in [0.1, 0.15) is 75.2 Å². The van der Waals surface area contributed by atoms with Crippen LogP contribution in [0.2, 0.25) is 0 Å². The van der Waals surface area contributed by atoms with Crippen molar-refractivity contribution in [2.45, 2.75) is 75.2 Å². The van der Waals surface area contributed by atoms with Crippen molar-refractivity contribution < 1.29 is 9.90 Å². The molecule has 100 valence electrons. The Morgan fingerprint density at radius 3 is 1.19 bits per heavy atom. The van der Waals surface area contributed by atoms with Crippen LogP contribution >= 0.6 is 0 Å². The van der Waals surface area contributed by atoms with Crippen molar-refractivity contribution >= 4 is 5.97 Å². The molecule has 0 rings (SSSR count). The quantitative estimate of drug-likeness (QED) is 0.692. The van der Waals surface area contributed by atoms with Crippen molar-refractivity contribution in [3.05, 3.63) is 0 Å². The summed E-state index contributed by atoms with van der Waals surface area (Å²) >= 11 is 0. The monoisotopic (exact) mass is 232 g/mol. The van der Waals surface area contributed by atoms with Gasteiger partial charge < -0.3 is 5.11 Å². The van der Waals surface area contributed by atoms with Gasteiger partial charge in [0.2, 0.25) is 0 Å². The molecule has 1 N–H and O–H groups in total. The molecule has 0 unspecified atom stereocenters. The van der Waals surface area contributed by atoms with E-state index in [1.165, 1.54) is 6.42 Å². The summed E-state index contributed by atoms with van der Waals surface area (Å²) in [5.41, 5.74) is 0.464. The summed E-state index contributed by atoms with van der Waals surface area (Å²) in [5.74, 6) is -0.725. The lowest BCUT2D eigenvalue weighted by atomic mass is 9.93. The second-order valence-electron chi connectivity index (χ2n) is 6.05. The highest BCUT2D eigenvalue weighted by atomic mass is 16.4. The summed E-state index contributed by atoms with van der Waals surface area (Å²) in [4.78, 5) is 10.0. The molecular weight excluding hydrogens is 200 g/mol. The van der Waals surface area contributed by atoms with Crippen LogP contribution in [0.25, 0.3) is 0 Å². The number of hydrogen-bond acceptors (Lipinski definition) is 1. The van der Waals surface area contributed by atoms with Gasteiger partial charge in [0.15, 0.2) is 0 Å². The zero-order chi connectivity index (χ0) is 14.0. The molecule has 0 bridgehead atoms. The molecule has 2 nitrogen and oxygen atoms in total. The SMILES string of the molecule is CC.CC(C)(C)CC(=O)O.CCC(C)(C)C. The minimum Gasteiger partial charge on any atom is -0.481 e. The van der Waals surface area contributed by atoms with E-state index in [1.807, 2.05) is 34.6 Å². The van der Waals surface area contributed by atoms with Crippen molar-refractivity contribution in [2.75, 3.05) is 0 Å². The van der Waals surface area contributed by atoms with Gasteiger partial charge in [0.1, 0.15) is 0 Å². The normalized spacial score (nSPS) is 10.6. The Kier molecular flexibility index (Phi) is 12.6. The van der Waals surface area contributed by atoms with E-state index in [0.29, 0.717) is 5.41 Å². The molecule has 0 aromatic carbocycles. The number of carboxylic acids is 1. The molecule has 0 aliphatic rings. The van der Waals surface area contributed by atoms with Gasteiger partial charge in [-0.1, -0.05) is 68.7 Å². The molecule has 0 radical (unpaired) electrons. The van der Waals surface area contributed by atoms with Crippen molar-refractivity contribution in [3.63, 3.8) is 0 Å². The van der Waals surface area contributed by atoms with E-state index in [0.717, 1.165) is 0 Å². The zero-order valence-corrected chi connectivity index (χ0v) is 12.8. The molecule has 0 aromatic heterocycles. The summed E-state index contributed by atoms with van der Waals surface area (Å²) in [6.45, 7) is 18.6. The Balaban J connectivity index is -0.000000188.